The van der Waals surface area contributed by atoms with Crippen molar-refractivity contribution >= 4 is 15.8 Å². The lowest BCUT2D eigenvalue weighted by molar-refractivity contribution is 0.601. The summed E-state index contributed by atoms with van der Waals surface area (Å²) >= 11 is 0. The lowest BCUT2D eigenvalue weighted by Gasteiger charge is -2.14. The first-order chi connectivity index (χ1) is 14.4. The standard InChI is InChI=1S/C22H27N5O2S/c1-4-24-22(25-14-18-9-10-21(17(2)13-18)30(3,28)29)26-15-19-7-5-6-8-20(19)27-12-11-23-16-27/h5-13,16H,4,14-15H2,1-3H3,(H2,24,25,26). The third-order valence-corrected chi connectivity index (χ3v) is 5.88. The normalized spacial score (nSPS) is 12.0. The van der Waals surface area contributed by atoms with Crippen molar-refractivity contribution in [2.75, 3.05) is 12.8 Å². The molecular weight excluding hydrogens is 398 g/mol. The molecule has 3 aromatic rings. The lowest BCUT2D eigenvalue weighted by Crippen LogP contribution is -2.37. The predicted molar refractivity (Wildman–Crippen MR) is 120 cm³/mol. The van der Waals surface area contributed by atoms with E-state index in [1.807, 2.05) is 42.0 Å². The summed E-state index contributed by atoms with van der Waals surface area (Å²) in [6, 6.07) is 13.5. The second-order valence-corrected chi connectivity index (χ2v) is 9.00. The number of sulfone groups is 1. The molecule has 0 saturated heterocycles. The molecule has 0 unspecified atom stereocenters. The fourth-order valence-corrected chi connectivity index (χ4v) is 4.19. The third kappa shape index (κ3) is 5.48. The van der Waals surface area contributed by atoms with Gasteiger partial charge in [-0.3, -0.25) is 0 Å². The van der Waals surface area contributed by atoms with Crippen molar-refractivity contribution < 1.29 is 8.42 Å². The molecule has 2 aromatic carbocycles. The van der Waals surface area contributed by atoms with Gasteiger partial charge < -0.3 is 15.2 Å². The molecule has 0 atom stereocenters. The first kappa shape index (κ1) is 21.6. The minimum atomic E-state index is -3.22. The summed E-state index contributed by atoms with van der Waals surface area (Å²) < 4.78 is 25.6. The van der Waals surface area contributed by atoms with Crippen LogP contribution < -0.4 is 10.6 Å². The molecule has 0 spiro atoms. The average molecular weight is 426 g/mol. The van der Waals surface area contributed by atoms with Crippen molar-refractivity contribution in [3.05, 3.63) is 77.9 Å². The van der Waals surface area contributed by atoms with Gasteiger partial charge in [0, 0.05) is 31.7 Å². The molecule has 0 amide bonds. The van der Waals surface area contributed by atoms with E-state index in [1.54, 1.807) is 25.5 Å². The monoisotopic (exact) mass is 425 g/mol. The molecule has 1 aromatic heterocycles. The largest absolute Gasteiger partial charge is 0.357 e. The van der Waals surface area contributed by atoms with Crippen LogP contribution in [0.3, 0.4) is 0 Å². The molecule has 30 heavy (non-hydrogen) atoms. The fraction of sp³-hybridized carbons (Fsp3) is 0.273. The van der Waals surface area contributed by atoms with Gasteiger partial charge in [0.1, 0.15) is 0 Å². The summed E-state index contributed by atoms with van der Waals surface area (Å²) in [5.74, 6) is 0.697. The van der Waals surface area contributed by atoms with Crippen molar-refractivity contribution in [1.29, 1.82) is 0 Å². The van der Waals surface area contributed by atoms with Crippen LogP contribution in [0.5, 0.6) is 0 Å². The van der Waals surface area contributed by atoms with Gasteiger partial charge in [-0.15, -0.1) is 0 Å². The van der Waals surface area contributed by atoms with Gasteiger partial charge in [0.05, 0.1) is 23.5 Å². The third-order valence-electron chi connectivity index (χ3n) is 4.62. The summed E-state index contributed by atoms with van der Waals surface area (Å²) in [5.41, 5.74) is 3.87. The van der Waals surface area contributed by atoms with Crippen molar-refractivity contribution in [2.45, 2.75) is 31.8 Å². The topological polar surface area (TPSA) is 88.4 Å². The van der Waals surface area contributed by atoms with Crippen LogP contribution in [-0.2, 0) is 22.9 Å². The fourth-order valence-electron chi connectivity index (χ4n) is 3.23. The quantitative estimate of drug-likeness (QED) is 0.449. The Hall–Kier alpha value is -3.13. The van der Waals surface area contributed by atoms with E-state index in [1.165, 1.54) is 6.26 Å². The van der Waals surface area contributed by atoms with Gasteiger partial charge in [-0.2, -0.15) is 0 Å². The summed E-state index contributed by atoms with van der Waals surface area (Å²) in [6.07, 6.45) is 6.68. The van der Waals surface area contributed by atoms with Crippen LogP contribution in [-0.4, -0.2) is 36.7 Å². The first-order valence-electron chi connectivity index (χ1n) is 9.76. The molecule has 0 bridgehead atoms. The number of benzene rings is 2. The first-order valence-corrected chi connectivity index (χ1v) is 11.7. The highest BCUT2D eigenvalue weighted by molar-refractivity contribution is 7.90. The van der Waals surface area contributed by atoms with E-state index < -0.39 is 9.84 Å². The van der Waals surface area contributed by atoms with E-state index in [9.17, 15) is 8.42 Å². The second-order valence-electron chi connectivity index (χ2n) is 7.02. The Labute approximate surface area is 177 Å². The molecule has 0 fully saturated rings. The zero-order chi connectivity index (χ0) is 21.6. The molecular formula is C22H27N5O2S. The van der Waals surface area contributed by atoms with Crippen LogP contribution in [0.25, 0.3) is 5.69 Å². The molecule has 2 N–H and O–H groups in total. The highest BCUT2D eigenvalue weighted by atomic mass is 32.2. The maximum atomic E-state index is 11.8. The van der Waals surface area contributed by atoms with Gasteiger partial charge in [0.2, 0.25) is 0 Å². The predicted octanol–water partition coefficient (Wildman–Crippen LogP) is 2.84. The Morgan fingerprint density at radius 2 is 1.97 bits per heavy atom. The van der Waals surface area contributed by atoms with E-state index >= 15 is 0 Å². The molecule has 158 valence electrons. The van der Waals surface area contributed by atoms with Crippen LogP contribution in [0, 0.1) is 6.92 Å². The Morgan fingerprint density at radius 1 is 1.17 bits per heavy atom. The molecule has 3 rings (SSSR count). The maximum absolute atomic E-state index is 11.8. The number of para-hydroxylation sites is 1. The average Bonchev–Trinajstić information content (AvgIpc) is 3.24. The van der Waals surface area contributed by atoms with Crippen LogP contribution in [0.4, 0.5) is 0 Å². The number of hydrogen-bond acceptors (Lipinski definition) is 4. The molecule has 0 aliphatic heterocycles. The van der Waals surface area contributed by atoms with E-state index in [0.717, 1.165) is 28.9 Å². The molecule has 0 aliphatic rings. The van der Waals surface area contributed by atoms with Crippen molar-refractivity contribution in [1.82, 2.24) is 20.2 Å². The number of hydrogen-bond donors (Lipinski definition) is 2. The van der Waals surface area contributed by atoms with Crippen LogP contribution >= 0.6 is 0 Å². The lowest BCUT2D eigenvalue weighted by atomic mass is 10.1. The van der Waals surface area contributed by atoms with Gasteiger partial charge in [-0.1, -0.05) is 30.3 Å². The van der Waals surface area contributed by atoms with Crippen LogP contribution in [0.15, 0.2) is 71.1 Å². The van der Waals surface area contributed by atoms with Gasteiger partial charge in [0.15, 0.2) is 15.8 Å². The Kier molecular flexibility index (Phi) is 6.89. The number of aromatic nitrogens is 2. The van der Waals surface area contributed by atoms with Crippen LogP contribution in [0.1, 0.15) is 23.6 Å². The van der Waals surface area contributed by atoms with E-state index in [0.29, 0.717) is 23.9 Å². The Bertz CT molecular complexity index is 1120. The summed E-state index contributed by atoms with van der Waals surface area (Å²) in [6.45, 7) is 5.61. The number of aliphatic imine (C=N–C) groups is 1. The Morgan fingerprint density at radius 3 is 2.63 bits per heavy atom. The summed E-state index contributed by atoms with van der Waals surface area (Å²) in [5, 5.41) is 6.62. The van der Waals surface area contributed by atoms with Gasteiger partial charge >= 0.3 is 0 Å². The second kappa shape index (κ2) is 9.58. The molecule has 8 heteroatoms. The molecule has 0 radical (unpaired) electrons. The van der Waals surface area contributed by atoms with Gasteiger partial charge in [-0.25, -0.2) is 18.4 Å². The molecule has 0 saturated carbocycles. The van der Waals surface area contributed by atoms with E-state index in [2.05, 4.69) is 32.7 Å². The van der Waals surface area contributed by atoms with Crippen LogP contribution in [0.2, 0.25) is 0 Å². The Balaban J connectivity index is 1.73. The zero-order valence-corrected chi connectivity index (χ0v) is 18.3. The van der Waals surface area contributed by atoms with Crippen molar-refractivity contribution in [2.24, 2.45) is 4.99 Å². The number of rotatable bonds is 7. The minimum absolute atomic E-state index is 0.358. The number of imidazole rings is 1. The van der Waals surface area contributed by atoms with Crippen molar-refractivity contribution in [3.8, 4) is 5.69 Å². The van der Waals surface area contributed by atoms with E-state index in [4.69, 9.17) is 0 Å². The van der Waals surface area contributed by atoms with E-state index in [-0.39, 0.29) is 0 Å². The van der Waals surface area contributed by atoms with Crippen molar-refractivity contribution in [3.63, 3.8) is 0 Å². The number of nitrogens with one attached hydrogen (secondary N) is 2. The molecule has 0 aliphatic carbocycles. The minimum Gasteiger partial charge on any atom is -0.357 e. The van der Waals surface area contributed by atoms with Gasteiger partial charge in [0.25, 0.3) is 0 Å². The molecule has 7 nitrogen and oxygen atoms in total. The SMILES string of the molecule is CCNC(=NCc1ccc(S(C)(=O)=O)c(C)c1)NCc1ccccc1-n1ccnc1. The highest BCUT2D eigenvalue weighted by Gasteiger charge is 2.11. The van der Waals surface area contributed by atoms with Gasteiger partial charge in [-0.05, 0) is 42.7 Å². The molecule has 1 heterocycles. The maximum Gasteiger partial charge on any atom is 0.191 e. The summed E-state index contributed by atoms with van der Waals surface area (Å²) in [4.78, 5) is 9.13. The number of aryl methyl sites for hydroxylation is 1. The highest BCUT2D eigenvalue weighted by Crippen LogP contribution is 2.17. The number of nitrogens with zero attached hydrogens (tertiary/aromatic N) is 3. The zero-order valence-electron chi connectivity index (χ0n) is 17.5. The number of guanidine groups is 1. The smallest absolute Gasteiger partial charge is 0.191 e. The summed E-state index contributed by atoms with van der Waals surface area (Å²) in [7, 11) is -3.22.